The minimum Gasteiger partial charge on any atom is -0.342 e. The number of carbonyl (C=O) groups excluding carboxylic acids is 2. The molecule has 0 saturated heterocycles. The van der Waals surface area contributed by atoms with Gasteiger partial charge in [0.05, 0.1) is 22.4 Å². The average molecular weight is 604 g/mol. The lowest BCUT2D eigenvalue weighted by atomic mass is 10.2. The van der Waals surface area contributed by atoms with Crippen LogP contribution in [0.3, 0.4) is 0 Å². The predicted molar refractivity (Wildman–Crippen MR) is 137 cm³/mol. The highest BCUT2D eigenvalue weighted by atomic mass is 127. The van der Waals surface area contributed by atoms with Crippen molar-refractivity contribution in [2.45, 2.75) is 25.0 Å². The Bertz CT molecular complexity index is 1170. The van der Waals surface area contributed by atoms with Crippen LogP contribution in [0.25, 0.3) is 0 Å². The molecule has 0 radical (unpaired) electrons. The molecule has 1 heterocycles. The molecule has 1 aromatic heterocycles. The Morgan fingerprint density at radius 3 is 2.62 bits per heavy atom. The standard InChI is InChI=1S/C21H20Cl2IN5O2S/c1-11-8-14(24)5-7-17(11)26-18(30)10-32-21-28-27-19(29(21)3)12(2)25-20(31)15-6-4-13(22)9-16(15)23/h4-9,12H,10H2,1-3H3,(H,25,31)(H,26,30)/t12-/m0/s1. The van der Waals surface area contributed by atoms with Crippen LogP contribution >= 0.6 is 57.6 Å². The van der Waals surface area contributed by atoms with Crippen molar-refractivity contribution in [2.24, 2.45) is 7.05 Å². The first-order valence-corrected chi connectivity index (χ1v) is 12.3. The van der Waals surface area contributed by atoms with E-state index in [4.69, 9.17) is 23.2 Å². The lowest BCUT2D eigenvalue weighted by molar-refractivity contribution is -0.113. The van der Waals surface area contributed by atoms with Crippen molar-refractivity contribution in [1.29, 1.82) is 0 Å². The Morgan fingerprint density at radius 1 is 1.19 bits per heavy atom. The minimum atomic E-state index is -0.427. The second-order valence-corrected chi connectivity index (χ2v) is 10.0. The molecule has 1 atom stereocenters. The van der Waals surface area contributed by atoms with E-state index in [-0.39, 0.29) is 22.6 Å². The van der Waals surface area contributed by atoms with Gasteiger partial charge in [-0.25, -0.2) is 0 Å². The summed E-state index contributed by atoms with van der Waals surface area (Å²) in [5.74, 6) is 0.254. The van der Waals surface area contributed by atoms with E-state index in [0.717, 1.165) is 14.8 Å². The Hall–Kier alpha value is -1.82. The van der Waals surface area contributed by atoms with Gasteiger partial charge in [0.2, 0.25) is 5.91 Å². The first kappa shape index (κ1) is 24.8. The van der Waals surface area contributed by atoms with Crippen LogP contribution in [0.4, 0.5) is 5.69 Å². The van der Waals surface area contributed by atoms with Crippen molar-refractivity contribution in [3.63, 3.8) is 0 Å². The second-order valence-electron chi connectivity index (χ2n) is 7.02. The van der Waals surface area contributed by atoms with Gasteiger partial charge in [0.25, 0.3) is 5.91 Å². The van der Waals surface area contributed by atoms with Gasteiger partial charge in [0.1, 0.15) is 0 Å². The van der Waals surface area contributed by atoms with E-state index in [1.165, 1.54) is 17.8 Å². The van der Waals surface area contributed by atoms with E-state index in [0.29, 0.717) is 21.6 Å². The van der Waals surface area contributed by atoms with Gasteiger partial charge in [-0.05, 0) is 78.4 Å². The summed E-state index contributed by atoms with van der Waals surface area (Å²) in [6, 6.07) is 10.1. The van der Waals surface area contributed by atoms with Gasteiger partial charge in [-0.3, -0.25) is 9.59 Å². The summed E-state index contributed by atoms with van der Waals surface area (Å²) in [5.41, 5.74) is 2.11. The third kappa shape index (κ3) is 6.15. The number of anilines is 1. The largest absolute Gasteiger partial charge is 0.342 e. The lowest BCUT2D eigenvalue weighted by Crippen LogP contribution is -2.28. The highest BCUT2D eigenvalue weighted by molar-refractivity contribution is 14.1. The van der Waals surface area contributed by atoms with Crippen LogP contribution in [-0.2, 0) is 11.8 Å². The molecule has 0 aliphatic carbocycles. The molecule has 0 aliphatic heterocycles. The molecular weight excluding hydrogens is 584 g/mol. The zero-order valence-corrected chi connectivity index (χ0v) is 21.9. The van der Waals surface area contributed by atoms with Crippen LogP contribution < -0.4 is 10.6 Å². The van der Waals surface area contributed by atoms with Crippen molar-refractivity contribution in [2.75, 3.05) is 11.1 Å². The number of nitrogens with one attached hydrogen (secondary N) is 2. The Kier molecular flexibility index (Phi) is 8.43. The number of amides is 2. The number of hydrogen-bond donors (Lipinski definition) is 2. The van der Waals surface area contributed by atoms with Crippen LogP contribution in [0.1, 0.15) is 34.7 Å². The third-order valence-corrected chi connectivity index (χ3v) is 6.81. The summed E-state index contributed by atoms with van der Waals surface area (Å²) in [6.07, 6.45) is 0. The van der Waals surface area contributed by atoms with Crippen molar-refractivity contribution in [1.82, 2.24) is 20.1 Å². The molecule has 11 heteroatoms. The molecule has 3 aromatic rings. The van der Waals surface area contributed by atoms with Crippen molar-refractivity contribution in [3.05, 3.63) is 67.0 Å². The van der Waals surface area contributed by atoms with Gasteiger partial charge in [0.15, 0.2) is 11.0 Å². The van der Waals surface area contributed by atoms with Gasteiger partial charge < -0.3 is 15.2 Å². The molecule has 0 spiro atoms. The van der Waals surface area contributed by atoms with Gasteiger partial charge in [-0.15, -0.1) is 10.2 Å². The number of carbonyl (C=O) groups is 2. The maximum Gasteiger partial charge on any atom is 0.253 e. The van der Waals surface area contributed by atoms with Crippen LogP contribution in [0.15, 0.2) is 41.6 Å². The van der Waals surface area contributed by atoms with Crippen LogP contribution in [0, 0.1) is 10.5 Å². The molecule has 2 amide bonds. The van der Waals surface area contributed by atoms with E-state index in [1.54, 1.807) is 30.7 Å². The summed E-state index contributed by atoms with van der Waals surface area (Å²) in [5, 5.41) is 15.4. The first-order valence-electron chi connectivity index (χ1n) is 9.49. The molecule has 2 N–H and O–H groups in total. The molecule has 168 valence electrons. The van der Waals surface area contributed by atoms with Crippen LogP contribution in [-0.4, -0.2) is 32.3 Å². The number of benzene rings is 2. The molecule has 0 saturated carbocycles. The van der Waals surface area contributed by atoms with Crippen LogP contribution in [0.5, 0.6) is 0 Å². The summed E-state index contributed by atoms with van der Waals surface area (Å²) in [4.78, 5) is 24.9. The van der Waals surface area contributed by atoms with Crippen LogP contribution in [0.2, 0.25) is 10.0 Å². The maximum atomic E-state index is 12.6. The maximum absolute atomic E-state index is 12.6. The van der Waals surface area contributed by atoms with Gasteiger partial charge in [-0.1, -0.05) is 35.0 Å². The van der Waals surface area contributed by atoms with E-state index in [1.807, 2.05) is 25.1 Å². The van der Waals surface area contributed by atoms with E-state index in [9.17, 15) is 9.59 Å². The van der Waals surface area contributed by atoms with E-state index in [2.05, 4.69) is 43.4 Å². The van der Waals surface area contributed by atoms with E-state index >= 15 is 0 Å². The zero-order chi connectivity index (χ0) is 23.4. The highest BCUT2D eigenvalue weighted by Gasteiger charge is 2.20. The van der Waals surface area contributed by atoms with Crippen molar-refractivity contribution >= 4 is 75.1 Å². The normalized spacial score (nSPS) is 11.8. The number of rotatable bonds is 7. The number of hydrogen-bond acceptors (Lipinski definition) is 5. The summed E-state index contributed by atoms with van der Waals surface area (Å²) < 4.78 is 2.86. The number of aryl methyl sites for hydroxylation is 1. The molecule has 3 rings (SSSR count). The quantitative estimate of drug-likeness (QED) is 0.284. The Morgan fingerprint density at radius 2 is 1.94 bits per heavy atom. The zero-order valence-electron chi connectivity index (χ0n) is 17.4. The highest BCUT2D eigenvalue weighted by Crippen LogP contribution is 2.23. The number of aromatic nitrogens is 3. The monoisotopic (exact) mass is 603 g/mol. The summed E-state index contributed by atoms with van der Waals surface area (Å²) in [7, 11) is 1.79. The molecule has 7 nitrogen and oxygen atoms in total. The molecule has 32 heavy (non-hydrogen) atoms. The fourth-order valence-corrected chi connectivity index (χ4v) is 4.78. The second kappa shape index (κ2) is 10.9. The first-order chi connectivity index (χ1) is 15.2. The van der Waals surface area contributed by atoms with E-state index < -0.39 is 6.04 Å². The number of halogens is 3. The SMILES string of the molecule is Cc1cc(I)ccc1NC(=O)CSc1nnc([C@H](C)NC(=O)c2ccc(Cl)cc2Cl)n1C. The summed E-state index contributed by atoms with van der Waals surface area (Å²) in [6.45, 7) is 3.75. The Labute approximate surface area is 213 Å². The number of thioether (sulfide) groups is 1. The molecule has 0 aliphatic rings. The minimum absolute atomic E-state index is 0.136. The molecule has 0 bridgehead atoms. The van der Waals surface area contributed by atoms with Crippen molar-refractivity contribution < 1.29 is 9.59 Å². The van der Waals surface area contributed by atoms with Gasteiger partial charge in [-0.2, -0.15) is 0 Å². The fourth-order valence-electron chi connectivity index (χ4n) is 2.93. The smallest absolute Gasteiger partial charge is 0.253 e. The Balaban J connectivity index is 1.60. The molecule has 0 unspecified atom stereocenters. The van der Waals surface area contributed by atoms with Crippen molar-refractivity contribution in [3.8, 4) is 0 Å². The molecule has 2 aromatic carbocycles. The predicted octanol–water partition coefficient (Wildman–Crippen LogP) is 5.26. The number of nitrogens with zero attached hydrogens (tertiary/aromatic N) is 3. The molecule has 0 fully saturated rings. The third-order valence-electron chi connectivity index (χ3n) is 4.57. The summed E-state index contributed by atoms with van der Waals surface area (Å²) >= 11 is 15.5. The van der Waals surface area contributed by atoms with Gasteiger partial charge in [0, 0.05) is 21.3 Å². The lowest BCUT2D eigenvalue weighted by Gasteiger charge is -2.14. The molecular formula is C21H20Cl2IN5O2S. The fraction of sp³-hybridized carbons (Fsp3) is 0.238. The van der Waals surface area contributed by atoms with Gasteiger partial charge >= 0.3 is 0 Å². The topological polar surface area (TPSA) is 88.9 Å². The average Bonchev–Trinajstić information content (AvgIpc) is 3.09.